The van der Waals surface area contributed by atoms with E-state index in [1.165, 1.54) is 25.3 Å². The van der Waals surface area contributed by atoms with E-state index < -0.39 is 0 Å². The topological polar surface area (TPSA) is 40.5 Å². The standard InChI is InChI=1S/C12H17BrO2/c13-8-4-2-1-3-5-10-9-11(14)6-7-12(10)15/h6-7,9,14-15H,1-5,8H2. The highest BCUT2D eigenvalue weighted by Gasteiger charge is 2.01. The van der Waals surface area contributed by atoms with E-state index >= 15 is 0 Å². The van der Waals surface area contributed by atoms with Crippen molar-refractivity contribution in [2.45, 2.75) is 32.1 Å². The van der Waals surface area contributed by atoms with Gasteiger partial charge in [-0.25, -0.2) is 0 Å². The van der Waals surface area contributed by atoms with Gasteiger partial charge in [0.15, 0.2) is 0 Å². The molecule has 1 aromatic rings. The lowest BCUT2D eigenvalue weighted by Crippen LogP contribution is -1.87. The maximum Gasteiger partial charge on any atom is 0.119 e. The number of aryl methyl sites for hydroxylation is 1. The summed E-state index contributed by atoms with van der Waals surface area (Å²) in [4.78, 5) is 0. The second kappa shape index (κ2) is 6.72. The van der Waals surface area contributed by atoms with Crippen LogP contribution in [-0.4, -0.2) is 15.5 Å². The van der Waals surface area contributed by atoms with Gasteiger partial charge in [-0.1, -0.05) is 28.8 Å². The molecule has 0 heterocycles. The van der Waals surface area contributed by atoms with Gasteiger partial charge in [0.2, 0.25) is 0 Å². The Bertz CT molecular complexity index is 300. The van der Waals surface area contributed by atoms with Crippen molar-refractivity contribution >= 4 is 15.9 Å². The van der Waals surface area contributed by atoms with Gasteiger partial charge in [-0.2, -0.15) is 0 Å². The minimum Gasteiger partial charge on any atom is -0.508 e. The van der Waals surface area contributed by atoms with Crippen LogP contribution in [0.5, 0.6) is 11.5 Å². The summed E-state index contributed by atoms with van der Waals surface area (Å²) in [6, 6.07) is 4.69. The molecule has 1 aromatic carbocycles. The van der Waals surface area contributed by atoms with Gasteiger partial charge in [-0.15, -0.1) is 0 Å². The average Bonchev–Trinajstić information content (AvgIpc) is 2.23. The molecule has 0 aliphatic rings. The zero-order valence-electron chi connectivity index (χ0n) is 8.75. The fraction of sp³-hybridized carbons (Fsp3) is 0.500. The first kappa shape index (κ1) is 12.4. The van der Waals surface area contributed by atoms with E-state index in [0.29, 0.717) is 0 Å². The molecule has 0 aromatic heterocycles. The summed E-state index contributed by atoms with van der Waals surface area (Å²) in [5.41, 5.74) is 0.842. The number of halogens is 1. The van der Waals surface area contributed by atoms with Crippen LogP contribution in [0.2, 0.25) is 0 Å². The van der Waals surface area contributed by atoms with Crippen LogP contribution in [0.15, 0.2) is 18.2 Å². The quantitative estimate of drug-likeness (QED) is 0.472. The molecule has 3 heteroatoms. The summed E-state index contributed by atoms with van der Waals surface area (Å²) in [6.45, 7) is 0. The largest absolute Gasteiger partial charge is 0.508 e. The van der Waals surface area contributed by atoms with E-state index in [0.717, 1.165) is 23.7 Å². The van der Waals surface area contributed by atoms with Gasteiger partial charge in [0, 0.05) is 5.33 Å². The summed E-state index contributed by atoms with van der Waals surface area (Å²) >= 11 is 3.39. The van der Waals surface area contributed by atoms with Crippen LogP contribution in [-0.2, 0) is 6.42 Å². The number of rotatable bonds is 6. The molecule has 0 saturated heterocycles. The third-order valence-electron chi connectivity index (χ3n) is 2.39. The Hall–Kier alpha value is -0.700. The lowest BCUT2D eigenvalue weighted by Gasteiger charge is -2.04. The molecule has 0 atom stereocenters. The summed E-state index contributed by atoms with van der Waals surface area (Å²) < 4.78 is 0. The molecule has 0 unspecified atom stereocenters. The predicted molar refractivity (Wildman–Crippen MR) is 65.7 cm³/mol. The molecule has 15 heavy (non-hydrogen) atoms. The molecule has 0 amide bonds. The van der Waals surface area contributed by atoms with Gasteiger partial charge in [0.05, 0.1) is 0 Å². The fourth-order valence-electron chi connectivity index (χ4n) is 1.54. The zero-order valence-corrected chi connectivity index (χ0v) is 10.3. The molecule has 0 fully saturated rings. The van der Waals surface area contributed by atoms with E-state index in [1.807, 2.05) is 0 Å². The smallest absolute Gasteiger partial charge is 0.119 e. The van der Waals surface area contributed by atoms with Crippen molar-refractivity contribution in [3.8, 4) is 11.5 Å². The number of alkyl halides is 1. The first-order valence-electron chi connectivity index (χ1n) is 5.31. The second-order valence-corrected chi connectivity index (χ2v) is 4.46. The minimum atomic E-state index is 0.225. The zero-order chi connectivity index (χ0) is 11.1. The van der Waals surface area contributed by atoms with E-state index in [-0.39, 0.29) is 11.5 Å². The first-order valence-corrected chi connectivity index (χ1v) is 6.43. The SMILES string of the molecule is Oc1ccc(O)c(CCCCCCBr)c1. The molecular weight excluding hydrogens is 256 g/mol. The number of hydrogen-bond donors (Lipinski definition) is 2. The molecular formula is C12H17BrO2. The third kappa shape index (κ3) is 4.56. The minimum absolute atomic E-state index is 0.225. The summed E-state index contributed by atoms with van der Waals surface area (Å²) in [5.74, 6) is 0.511. The number of unbranched alkanes of at least 4 members (excludes halogenated alkanes) is 3. The van der Waals surface area contributed by atoms with Crippen molar-refractivity contribution in [2.75, 3.05) is 5.33 Å². The van der Waals surface area contributed by atoms with Gasteiger partial charge < -0.3 is 10.2 Å². The predicted octanol–water partition coefficient (Wildman–Crippen LogP) is 3.60. The van der Waals surface area contributed by atoms with E-state index in [4.69, 9.17) is 0 Å². The molecule has 0 radical (unpaired) electrons. The molecule has 1 rings (SSSR count). The number of phenolic OH excluding ortho intramolecular Hbond substituents is 2. The van der Waals surface area contributed by atoms with E-state index in [9.17, 15) is 10.2 Å². The van der Waals surface area contributed by atoms with Gasteiger partial charge in [-0.3, -0.25) is 0 Å². The van der Waals surface area contributed by atoms with Crippen molar-refractivity contribution < 1.29 is 10.2 Å². The maximum atomic E-state index is 9.52. The van der Waals surface area contributed by atoms with Crippen molar-refractivity contribution in [1.82, 2.24) is 0 Å². The number of benzene rings is 1. The Morgan fingerprint density at radius 2 is 1.73 bits per heavy atom. The Balaban J connectivity index is 2.33. The third-order valence-corrected chi connectivity index (χ3v) is 2.95. The molecule has 0 saturated carbocycles. The molecule has 0 spiro atoms. The summed E-state index contributed by atoms with van der Waals surface area (Å²) in [7, 11) is 0. The summed E-state index contributed by atoms with van der Waals surface area (Å²) in [6.07, 6.45) is 5.48. The van der Waals surface area contributed by atoms with Crippen LogP contribution in [0.1, 0.15) is 31.2 Å². The molecule has 0 aliphatic carbocycles. The molecule has 0 bridgehead atoms. The molecule has 84 valence electrons. The second-order valence-electron chi connectivity index (χ2n) is 3.67. The highest BCUT2D eigenvalue weighted by atomic mass is 79.9. The number of aromatic hydroxyl groups is 2. The van der Waals surface area contributed by atoms with Crippen molar-refractivity contribution in [3.05, 3.63) is 23.8 Å². The van der Waals surface area contributed by atoms with Crippen LogP contribution in [0, 0.1) is 0 Å². The Kier molecular flexibility index (Phi) is 5.54. The van der Waals surface area contributed by atoms with E-state index in [2.05, 4.69) is 15.9 Å². The van der Waals surface area contributed by atoms with Crippen LogP contribution in [0.25, 0.3) is 0 Å². The van der Waals surface area contributed by atoms with Gasteiger partial charge >= 0.3 is 0 Å². The van der Waals surface area contributed by atoms with Crippen molar-refractivity contribution in [1.29, 1.82) is 0 Å². The monoisotopic (exact) mass is 272 g/mol. The first-order chi connectivity index (χ1) is 7.24. The number of hydrogen-bond acceptors (Lipinski definition) is 2. The Morgan fingerprint density at radius 3 is 2.47 bits per heavy atom. The molecule has 0 aliphatic heterocycles. The van der Waals surface area contributed by atoms with Crippen LogP contribution >= 0.6 is 15.9 Å². The van der Waals surface area contributed by atoms with Gasteiger partial charge in [0.25, 0.3) is 0 Å². The highest BCUT2D eigenvalue weighted by Crippen LogP contribution is 2.23. The fourth-order valence-corrected chi connectivity index (χ4v) is 1.93. The van der Waals surface area contributed by atoms with Crippen molar-refractivity contribution in [3.63, 3.8) is 0 Å². The summed E-state index contributed by atoms with van der Waals surface area (Å²) in [5, 5.41) is 19.8. The lowest BCUT2D eigenvalue weighted by molar-refractivity contribution is 0.452. The average molecular weight is 273 g/mol. The van der Waals surface area contributed by atoms with Crippen LogP contribution in [0.4, 0.5) is 0 Å². The Morgan fingerprint density at radius 1 is 1.00 bits per heavy atom. The van der Waals surface area contributed by atoms with Gasteiger partial charge in [0.1, 0.15) is 11.5 Å². The van der Waals surface area contributed by atoms with E-state index in [1.54, 1.807) is 12.1 Å². The highest BCUT2D eigenvalue weighted by molar-refractivity contribution is 9.09. The van der Waals surface area contributed by atoms with Crippen molar-refractivity contribution in [2.24, 2.45) is 0 Å². The lowest BCUT2D eigenvalue weighted by atomic mass is 10.1. The maximum absolute atomic E-state index is 9.52. The van der Waals surface area contributed by atoms with Crippen LogP contribution in [0.3, 0.4) is 0 Å². The van der Waals surface area contributed by atoms with Gasteiger partial charge in [-0.05, 0) is 43.0 Å². The van der Waals surface area contributed by atoms with Crippen LogP contribution < -0.4 is 0 Å². The molecule has 2 nitrogen and oxygen atoms in total. The normalized spacial score (nSPS) is 10.5. The number of phenols is 2. The Labute approximate surface area is 99.1 Å². The molecule has 2 N–H and O–H groups in total.